The molecule has 15 heavy (non-hydrogen) atoms. The predicted octanol–water partition coefficient (Wildman–Crippen LogP) is 0.971. The molecule has 0 aliphatic carbocycles. The average Bonchev–Trinajstić information content (AvgIpc) is 2.08. The number of primary sulfonamides is 1. The van der Waals surface area contributed by atoms with E-state index in [9.17, 15) is 8.42 Å². The molecule has 0 saturated carbocycles. The van der Waals surface area contributed by atoms with Crippen LogP contribution >= 0.6 is 0 Å². The fourth-order valence-electron chi connectivity index (χ4n) is 1.29. The van der Waals surface area contributed by atoms with Crippen LogP contribution in [0.3, 0.4) is 0 Å². The Kier molecular flexibility index (Phi) is 3.71. The first-order valence-electron chi connectivity index (χ1n) is 4.59. The van der Waals surface area contributed by atoms with Crippen LogP contribution in [0.5, 0.6) is 5.75 Å². The molecule has 4 nitrogen and oxygen atoms in total. The molecule has 0 saturated heterocycles. The quantitative estimate of drug-likeness (QED) is 0.836. The topological polar surface area (TPSA) is 69.4 Å². The molecular formula is C10H15NO3S. The molecule has 0 atom stereocenters. The van der Waals surface area contributed by atoms with E-state index in [1.807, 2.05) is 32.0 Å². The summed E-state index contributed by atoms with van der Waals surface area (Å²) in [5.41, 5.74) is 1.98. The first-order valence-corrected chi connectivity index (χ1v) is 6.31. The van der Waals surface area contributed by atoms with Crippen LogP contribution in [-0.2, 0) is 10.0 Å². The van der Waals surface area contributed by atoms with Crippen molar-refractivity contribution in [1.29, 1.82) is 0 Å². The molecule has 0 aromatic heterocycles. The Morgan fingerprint density at radius 2 is 1.80 bits per heavy atom. The smallest absolute Gasteiger partial charge is 0.212 e. The normalized spacial score (nSPS) is 11.4. The number of rotatable bonds is 4. The average molecular weight is 229 g/mol. The van der Waals surface area contributed by atoms with E-state index >= 15 is 0 Å². The third kappa shape index (κ3) is 3.89. The van der Waals surface area contributed by atoms with Crippen molar-refractivity contribution < 1.29 is 13.2 Å². The van der Waals surface area contributed by atoms with Crippen molar-refractivity contribution in [2.75, 3.05) is 12.4 Å². The molecule has 0 radical (unpaired) electrons. The van der Waals surface area contributed by atoms with Crippen molar-refractivity contribution in [3.05, 3.63) is 29.3 Å². The van der Waals surface area contributed by atoms with E-state index in [0.717, 1.165) is 16.9 Å². The van der Waals surface area contributed by atoms with Crippen LogP contribution in [0.15, 0.2) is 18.2 Å². The summed E-state index contributed by atoms with van der Waals surface area (Å²) in [7, 11) is -3.44. The van der Waals surface area contributed by atoms with Crippen LogP contribution in [0.2, 0.25) is 0 Å². The third-order valence-corrected chi connectivity index (χ3v) is 2.76. The van der Waals surface area contributed by atoms with Gasteiger partial charge >= 0.3 is 0 Å². The van der Waals surface area contributed by atoms with Crippen molar-refractivity contribution in [2.24, 2.45) is 5.14 Å². The maximum Gasteiger partial charge on any atom is 0.212 e. The van der Waals surface area contributed by atoms with Crippen molar-refractivity contribution in [3.8, 4) is 5.75 Å². The Bertz CT molecular complexity index is 420. The molecular weight excluding hydrogens is 214 g/mol. The largest absolute Gasteiger partial charge is 0.492 e. The van der Waals surface area contributed by atoms with Gasteiger partial charge in [0, 0.05) is 0 Å². The van der Waals surface area contributed by atoms with Gasteiger partial charge < -0.3 is 4.74 Å². The summed E-state index contributed by atoms with van der Waals surface area (Å²) in [6, 6.07) is 5.76. The van der Waals surface area contributed by atoms with Crippen LogP contribution in [0.4, 0.5) is 0 Å². The summed E-state index contributed by atoms with van der Waals surface area (Å²) in [5, 5.41) is 4.87. The molecule has 1 rings (SSSR count). The lowest BCUT2D eigenvalue weighted by molar-refractivity contribution is 0.336. The first kappa shape index (κ1) is 12.0. The minimum absolute atomic E-state index is 0.0878. The Balaban J connectivity index is 2.66. The summed E-state index contributed by atoms with van der Waals surface area (Å²) in [6.07, 6.45) is 0. The highest BCUT2D eigenvalue weighted by Crippen LogP contribution is 2.21. The van der Waals surface area contributed by atoms with Gasteiger partial charge in [0.25, 0.3) is 0 Å². The van der Waals surface area contributed by atoms with Gasteiger partial charge in [-0.2, -0.15) is 0 Å². The van der Waals surface area contributed by atoms with Gasteiger partial charge in [0.2, 0.25) is 10.0 Å². The van der Waals surface area contributed by atoms with Crippen molar-refractivity contribution in [1.82, 2.24) is 0 Å². The standard InChI is InChI=1S/C10H15NO3S/c1-8-4-3-5-9(2)10(8)14-6-7-15(11,12)13/h3-5H,6-7H2,1-2H3,(H2,11,12,13). The molecule has 0 unspecified atom stereocenters. The van der Waals surface area contributed by atoms with E-state index < -0.39 is 10.0 Å². The zero-order chi connectivity index (χ0) is 11.5. The molecule has 5 heteroatoms. The zero-order valence-corrected chi connectivity index (χ0v) is 9.67. The number of para-hydroxylation sites is 1. The predicted molar refractivity (Wildman–Crippen MR) is 59.4 cm³/mol. The minimum Gasteiger partial charge on any atom is -0.492 e. The molecule has 84 valence electrons. The Morgan fingerprint density at radius 3 is 2.27 bits per heavy atom. The Hall–Kier alpha value is -1.07. The van der Waals surface area contributed by atoms with Gasteiger partial charge in [-0.1, -0.05) is 18.2 Å². The number of sulfonamides is 1. The summed E-state index contributed by atoms with van der Waals surface area (Å²) in [5.74, 6) is 0.571. The van der Waals surface area contributed by atoms with Gasteiger partial charge in [0.1, 0.15) is 12.4 Å². The lowest BCUT2D eigenvalue weighted by atomic mass is 10.1. The second-order valence-corrected chi connectivity index (χ2v) is 5.17. The van der Waals surface area contributed by atoms with E-state index in [1.54, 1.807) is 0 Å². The second kappa shape index (κ2) is 4.63. The first-order chi connectivity index (χ1) is 6.90. The van der Waals surface area contributed by atoms with Gasteiger partial charge in [-0.3, -0.25) is 0 Å². The molecule has 0 heterocycles. The lowest BCUT2D eigenvalue weighted by Crippen LogP contribution is -2.21. The van der Waals surface area contributed by atoms with E-state index in [0.29, 0.717) is 0 Å². The van der Waals surface area contributed by atoms with Crippen LogP contribution in [0, 0.1) is 13.8 Å². The van der Waals surface area contributed by atoms with E-state index in [2.05, 4.69) is 0 Å². The van der Waals surface area contributed by atoms with Crippen molar-refractivity contribution in [3.63, 3.8) is 0 Å². The monoisotopic (exact) mass is 229 g/mol. The number of aryl methyl sites for hydroxylation is 2. The van der Waals surface area contributed by atoms with Crippen molar-refractivity contribution >= 4 is 10.0 Å². The molecule has 2 N–H and O–H groups in total. The van der Waals surface area contributed by atoms with Gasteiger partial charge in [0.05, 0.1) is 5.75 Å². The number of nitrogens with two attached hydrogens (primary N) is 1. The highest BCUT2D eigenvalue weighted by Gasteiger charge is 2.06. The summed E-state index contributed by atoms with van der Waals surface area (Å²) in [4.78, 5) is 0. The Labute approximate surface area is 90.1 Å². The third-order valence-electron chi connectivity index (χ3n) is 2.02. The highest BCUT2D eigenvalue weighted by atomic mass is 32.2. The fourth-order valence-corrected chi connectivity index (χ4v) is 1.60. The summed E-state index contributed by atoms with van der Waals surface area (Å²) >= 11 is 0. The van der Waals surface area contributed by atoms with Crippen LogP contribution in [-0.4, -0.2) is 20.8 Å². The molecule has 0 fully saturated rings. The van der Waals surface area contributed by atoms with Gasteiger partial charge in [0.15, 0.2) is 0 Å². The molecule has 0 spiro atoms. The second-order valence-electron chi connectivity index (χ2n) is 3.44. The molecule has 0 aliphatic heterocycles. The van der Waals surface area contributed by atoms with E-state index in [-0.39, 0.29) is 12.4 Å². The number of hydrogen-bond acceptors (Lipinski definition) is 3. The van der Waals surface area contributed by atoms with Gasteiger partial charge in [-0.05, 0) is 25.0 Å². The maximum absolute atomic E-state index is 10.7. The van der Waals surface area contributed by atoms with E-state index in [1.165, 1.54) is 0 Å². The molecule has 1 aromatic carbocycles. The molecule has 0 amide bonds. The SMILES string of the molecule is Cc1cccc(C)c1OCCS(N)(=O)=O. The van der Waals surface area contributed by atoms with Crippen molar-refractivity contribution in [2.45, 2.75) is 13.8 Å². The molecule has 1 aromatic rings. The number of benzene rings is 1. The highest BCUT2D eigenvalue weighted by molar-refractivity contribution is 7.89. The van der Waals surface area contributed by atoms with Crippen LogP contribution in [0.25, 0.3) is 0 Å². The van der Waals surface area contributed by atoms with Gasteiger partial charge in [-0.25, -0.2) is 13.6 Å². The van der Waals surface area contributed by atoms with Crippen LogP contribution < -0.4 is 9.88 Å². The van der Waals surface area contributed by atoms with Crippen LogP contribution in [0.1, 0.15) is 11.1 Å². The summed E-state index contributed by atoms with van der Waals surface area (Å²) < 4.78 is 26.8. The Morgan fingerprint density at radius 1 is 1.27 bits per heavy atom. The minimum atomic E-state index is -3.44. The summed E-state index contributed by atoms with van der Waals surface area (Å²) in [6.45, 7) is 3.92. The maximum atomic E-state index is 10.7. The zero-order valence-electron chi connectivity index (χ0n) is 8.86. The number of hydrogen-bond donors (Lipinski definition) is 1. The fraction of sp³-hybridized carbons (Fsp3) is 0.400. The lowest BCUT2D eigenvalue weighted by Gasteiger charge is -2.10. The molecule has 0 bridgehead atoms. The van der Waals surface area contributed by atoms with Gasteiger partial charge in [-0.15, -0.1) is 0 Å². The molecule has 0 aliphatic rings. The number of ether oxygens (including phenoxy) is 1. The van der Waals surface area contributed by atoms with E-state index in [4.69, 9.17) is 9.88 Å².